The zero-order valence-electron chi connectivity index (χ0n) is 9.95. The Bertz CT molecular complexity index is 735. The molecule has 2 N–H and O–H groups in total. The highest BCUT2D eigenvalue weighted by Gasteiger charge is 2.19. The molecule has 0 bridgehead atoms. The quantitative estimate of drug-likeness (QED) is 0.750. The lowest BCUT2D eigenvalue weighted by atomic mass is 10.2. The van der Waals surface area contributed by atoms with Crippen LogP contribution < -0.4 is 4.31 Å². The number of hydrogen-bond donors (Lipinski definition) is 2. The van der Waals surface area contributed by atoms with Crippen LogP contribution in [0.25, 0.3) is 0 Å². The van der Waals surface area contributed by atoms with E-state index in [0.29, 0.717) is 8.81 Å². The second kappa shape index (κ2) is 6.32. The van der Waals surface area contributed by atoms with Crippen molar-refractivity contribution in [2.75, 3.05) is 4.31 Å². The Morgan fingerprint density at radius 1 is 1.43 bits per heavy atom. The number of benzene rings is 1. The van der Waals surface area contributed by atoms with Crippen LogP contribution in [0.2, 0.25) is 4.34 Å². The molecular formula is C11H6BrClNO5S2-. The van der Waals surface area contributed by atoms with Gasteiger partial charge in [0.2, 0.25) is 0 Å². The number of phenols is 1. The van der Waals surface area contributed by atoms with Gasteiger partial charge >= 0.3 is 5.97 Å². The Hall–Kier alpha value is -1.13. The molecule has 0 saturated carbocycles. The maximum absolute atomic E-state index is 11.5. The van der Waals surface area contributed by atoms with Crippen LogP contribution in [-0.2, 0) is 11.3 Å². The topological polar surface area (TPSA) is 101 Å². The van der Waals surface area contributed by atoms with Crippen LogP contribution in [0.4, 0.5) is 10.7 Å². The van der Waals surface area contributed by atoms with Crippen molar-refractivity contribution in [2.45, 2.75) is 0 Å². The van der Waals surface area contributed by atoms with Crippen molar-refractivity contribution in [1.82, 2.24) is 0 Å². The number of anilines is 2. The lowest BCUT2D eigenvalue weighted by Crippen LogP contribution is -2.18. The average Bonchev–Trinajstić information content (AvgIpc) is 2.68. The first-order valence-corrected chi connectivity index (χ1v) is 8.24. The van der Waals surface area contributed by atoms with Gasteiger partial charge < -0.3 is 14.8 Å². The Morgan fingerprint density at radius 3 is 2.52 bits per heavy atom. The molecule has 112 valence electrons. The lowest BCUT2D eigenvalue weighted by molar-refractivity contribution is 0.0694. The molecule has 0 aliphatic carbocycles. The van der Waals surface area contributed by atoms with E-state index in [1.807, 2.05) is 0 Å². The van der Waals surface area contributed by atoms with Crippen LogP contribution in [0.1, 0.15) is 10.4 Å². The molecule has 0 radical (unpaired) electrons. The summed E-state index contributed by atoms with van der Waals surface area (Å²) in [6, 6.07) is 4.99. The number of aromatic carboxylic acids is 1. The van der Waals surface area contributed by atoms with E-state index in [1.165, 1.54) is 12.1 Å². The molecule has 1 unspecified atom stereocenters. The molecular weight excluding hydrogens is 406 g/mol. The van der Waals surface area contributed by atoms with Gasteiger partial charge in [0.1, 0.15) is 16.3 Å². The van der Waals surface area contributed by atoms with Gasteiger partial charge in [0.05, 0.1) is 25.8 Å². The molecule has 10 heteroatoms. The molecule has 21 heavy (non-hydrogen) atoms. The molecule has 1 aromatic carbocycles. The van der Waals surface area contributed by atoms with Gasteiger partial charge in [-0.1, -0.05) is 11.6 Å². The molecule has 6 nitrogen and oxygen atoms in total. The summed E-state index contributed by atoms with van der Waals surface area (Å²) in [6.45, 7) is 0. The first-order valence-electron chi connectivity index (χ1n) is 5.22. The van der Waals surface area contributed by atoms with Crippen molar-refractivity contribution in [3.63, 3.8) is 0 Å². The molecule has 0 saturated heterocycles. The van der Waals surface area contributed by atoms with Crippen molar-refractivity contribution in [2.24, 2.45) is 0 Å². The molecule has 0 fully saturated rings. The van der Waals surface area contributed by atoms with Gasteiger partial charge in [0.15, 0.2) is 0 Å². The third-order valence-electron chi connectivity index (χ3n) is 2.42. The molecule has 2 rings (SSSR count). The molecule has 0 aliphatic heterocycles. The van der Waals surface area contributed by atoms with E-state index in [4.69, 9.17) is 16.7 Å². The van der Waals surface area contributed by atoms with Crippen LogP contribution in [-0.4, -0.2) is 24.9 Å². The molecule has 1 heterocycles. The summed E-state index contributed by atoms with van der Waals surface area (Å²) in [5.74, 6) is -1.84. The Labute approximate surface area is 139 Å². The maximum atomic E-state index is 11.5. The standard InChI is InChI=1S/C11H7BrClNO5S2/c12-7-4-9(13)20-10(7)14(21(18)19)5-1-2-6(11(16)17)8(15)3-5/h1-4,15H,(H,16,17)(H,18,19)/p-1. The zero-order valence-corrected chi connectivity index (χ0v) is 13.9. The van der Waals surface area contributed by atoms with Crippen molar-refractivity contribution in [1.29, 1.82) is 0 Å². The molecule has 0 amide bonds. The van der Waals surface area contributed by atoms with Gasteiger partial charge in [0.25, 0.3) is 0 Å². The largest absolute Gasteiger partial charge is 0.755 e. The Morgan fingerprint density at radius 2 is 2.10 bits per heavy atom. The summed E-state index contributed by atoms with van der Waals surface area (Å²) in [5, 5.41) is 18.8. The first-order chi connectivity index (χ1) is 9.81. The number of aromatic hydroxyl groups is 1. The lowest BCUT2D eigenvalue weighted by Gasteiger charge is -2.25. The van der Waals surface area contributed by atoms with Gasteiger partial charge in [-0.3, -0.25) is 8.51 Å². The molecule has 0 spiro atoms. The van der Waals surface area contributed by atoms with E-state index < -0.39 is 23.0 Å². The SMILES string of the molecule is O=C(O)c1ccc(N(c2sc(Cl)cc2Br)S(=O)[O-])cc1O. The van der Waals surface area contributed by atoms with E-state index >= 15 is 0 Å². The fourth-order valence-corrected chi connectivity index (χ4v) is 4.47. The Balaban J connectivity index is 2.54. The predicted molar refractivity (Wildman–Crippen MR) is 83.2 cm³/mol. The monoisotopic (exact) mass is 410 g/mol. The highest BCUT2D eigenvalue weighted by atomic mass is 79.9. The van der Waals surface area contributed by atoms with E-state index in [2.05, 4.69) is 15.9 Å². The van der Waals surface area contributed by atoms with E-state index in [1.54, 1.807) is 0 Å². The number of carboxylic acids is 1. The zero-order chi connectivity index (χ0) is 15.7. The maximum Gasteiger partial charge on any atom is 0.339 e. The fraction of sp³-hybridized carbons (Fsp3) is 0. The predicted octanol–water partition coefficient (Wildman–Crippen LogP) is 3.50. The second-order valence-corrected chi connectivity index (χ2v) is 7.04. The van der Waals surface area contributed by atoms with Crippen LogP contribution in [0, 0.1) is 0 Å². The molecule has 2 aromatic rings. The Kier molecular flexibility index (Phi) is 4.89. The van der Waals surface area contributed by atoms with Crippen molar-refractivity contribution < 1.29 is 23.8 Å². The number of carbonyl (C=O) groups is 1. The van der Waals surface area contributed by atoms with Gasteiger partial charge in [-0.25, -0.2) is 4.79 Å². The summed E-state index contributed by atoms with van der Waals surface area (Å²) in [6.07, 6.45) is 0. The molecule has 1 aromatic heterocycles. The van der Waals surface area contributed by atoms with Crippen LogP contribution in [0.5, 0.6) is 5.75 Å². The van der Waals surface area contributed by atoms with Gasteiger partial charge in [-0.15, -0.1) is 11.3 Å². The summed E-state index contributed by atoms with van der Waals surface area (Å²) in [5.41, 5.74) is -0.233. The van der Waals surface area contributed by atoms with E-state index in [-0.39, 0.29) is 16.3 Å². The van der Waals surface area contributed by atoms with Crippen molar-refractivity contribution in [3.8, 4) is 5.75 Å². The second-order valence-electron chi connectivity index (χ2n) is 3.72. The number of carboxylic acid groups (broad SMARTS) is 1. The van der Waals surface area contributed by atoms with Crippen molar-refractivity contribution in [3.05, 3.63) is 38.6 Å². The number of hydrogen-bond acceptors (Lipinski definition) is 5. The van der Waals surface area contributed by atoms with Gasteiger partial charge in [0, 0.05) is 6.07 Å². The minimum absolute atomic E-state index is 0.0880. The third-order valence-corrected chi connectivity index (χ3v) is 5.34. The molecule has 0 aliphatic rings. The minimum atomic E-state index is -2.68. The smallest absolute Gasteiger partial charge is 0.339 e. The number of rotatable bonds is 4. The van der Waals surface area contributed by atoms with Gasteiger partial charge in [-0.05, 0) is 34.1 Å². The summed E-state index contributed by atoms with van der Waals surface area (Å²) < 4.78 is 24.7. The number of nitrogens with zero attached hydrogens (tertiary/aromatic N) is 1. The molecule has 1 atom stereocenters. The summed E-state index contributed by atoms with van der Waals surface area (Å²) in [4.78, 5) is 10.8. The van der Waals surface area contributed by atoms with Crippen LogP contribution in [0.3, 0.4) is 0 Å². The summed E-state index contributed by atoms with van der Waals surface area (Å²) in [7, 11) is 0. The highest BCUT2D eigenvalue weighted by Crippen LogP contribution is 2.43. The third kappa shape index (κ3) is 3.38. The minimum Gasteiger partial charge on any atom is -0.755 e. The normalized spacial score (nSPS) is 12.1. The average molecular weight is 412 g/mol. The summed E-state index contributed by atoms with van der Waals surface area (Å²) >= 11 is 7.36. The van der Waals surface area contributed by atoms with Crippen LogP contribution in [0.15, 0.2) is 28.7 Å². The van der Waals surface area contributed by atoms with Gasteiger partial charge in [-0.2, -0.15) is 0 Å². The van der Waals surface area contributed by atoms with Crippen molar-refractivity contribution >= 4 is 66.8 Å². The van der Waals surface area contributed by atoms with Crippen LogP contribution >= 0.6 is 38.9 Å². The van der Waals surface area contributed by atoms with E-state index in [9.17, 15) is 18.7 Å². The number of thiophene rings is 1. The highest BCUT2D eigenvalue weighted by molar-refractivity contribution is 9.10. The fourth-order valence-electron chi connectivity index (χ4n) is 1.57. The van der Waals surface area contributed by atoms with E-state index in [0.717, 1.165) is 27.8 Å². The number of halogens is 2. The first kappa shape index (κ1) is 16.2.